The summed E-state index contributed by atoms with van der Waals surface area (Å²) in [6.45, 7) is 1.74. The number of benzene rings is 3. The third-order valence-electron chi connectivity index (χ3n) is 4.33. The van der Waals surface area contributed by atoms with Gasteiger partial charge >= 0.3 is 0 Å². The number of hydrogen-bond acceptors (Lipinski definition) is 4. The van der Waals surface area contributed by atoms with Crippen LogP contribution in [0.3, 0.4) is 0 Å². The van der Waals surface area contributed by atoms with Gasteiger partial charge in [0.25, 0.3) is 5.91 Å². The molecule has 0 aliphatic carbocycles. The number of halogens is 1. The minimum absolute atomic E-state index is 0.0318. The van der Waals surface area contributed by atoms with Crippen molar-refractivity contribution in [2.24, 2.45) is 5.10 Å². The average Bonchev–Trinajstić information content (AvgIpc) is 2.74. The standard InChI is InChI=1S/C23H20FN3O3/c1-15(26-27-22(29)14-16-6-12-19(28)13-7-16)17-8-10-18(11-9-17)25-23(30)20-4-2-3-5-21(20)24/h2-13,28H,14H2,1H3,(H,25,30)(H,27,29)/b26-15+. The van der Waals surface area contributed by atoms with Crippen LogP contribution >= 0.6 is 0 Å². The van der Waals surface area contributed by atoms with Crippen LogP contribution in [-0.4, -0.2) is 22.6 Å². The Kier molecular flexibility index (Phi) is 6.54. The summed E-state index contributed by atoms with van der Waals surface area (Å²) in [7, 11) is 0. The molecule has 6 nitrogen and oxygen atoms in total. The maximum atomic E-state index is 13.7. The van der Waals surface area contributed by atoms with Gasteiger partial charge in [-0.15, -0.1) is 0 Å². The van der Waals surface area contributed by atoms with E-state index in [1.807, 2.05) is 0 Å². The molecule has 3 N–H and O–H groups in total. The molecular weight excluding hydrogens is 385 g/mol. The third kappa shape index (κ3) is 5.51. The molecule has 0 atom stereocenters. The number of amides is 2. The van der Waals surface area contributed by atoms with Gasteiger partial charge in [-0.1, -0.05) is 36.4 Å². The molecule has 2 amide bonds. The maximum absolute atomic E-state index is 13.7. The van der Waals surface area contributed by atoms with Crippen LogP contribution in [0.1, 0.15) is 28.4 Å². The van der Waals surface area contributed by atoms with Crippen LogP contribution in [0, 0.1) is 5.82 Å². The van der Waals surface area contributed by atoms with Gasteiger partial charge in [-0.05, 0) is 54.4 Å². The molecule has 0 unspecified atom stereocenters. The van der Waals surface area contributed by atoms with Crippen molar-refractivity contribution in [3.05, 3.63) is 95.3 Å². The molecule has 0 aliphatic rings. The quantitative estimate of drug-likeness (QED) is 0.430. The van der Waals surface area contributed by atoms with Crippen LogP contribution in [0.15, 0.2) is 77.9 Å². The fourth-order valence-electron chi connectivity index (χ4n) is 2.69. The fourth-order valence-corrected chi connectivity index (χ4v) is 2.69. The molecule has 3 aromatic rings. The highest BCUT2D eigenvalue weighted by atomic mass is 19.1. The largest absolute Gasteiger partial charge is 0.508 e. The number of phenolic OH excluding ortho intramolecular Hbond substituents is 1. The number of hydrazone groups is 1. The molecule has 3 aromatic carbocycles. The molecule has 30 heavy (non-hydrogen) atoms. The van der Waals surface area contributed by atoms with Crippen molar-refractivity contribution in [2.45, 2.75) is 13.3 Å². The molecule has 0 saturated carbocycles. The Bertz CT molecular complexity index is 1080. The smallest absolute Gasteiger partial charge is 0.258 e. The van der Waals surface area contributed by atoms with Gasteiger partial charge in [-0.25, -0.2) is 9.82 Å². The monoisotopic (exact) mass is 405 g/mol. The van der Waals surface area contributed by atoms with E-state index in [9.17, 15) is 19.1 Å². The average molecular weight is 405 g/mol. The molecule has 0 radical (unpaired) electrons. The second-order valence-corrected chi connectivity index (χ2v) is 6.59. The number of carbonyl (C=O) groups is 2. The molecule has 7 heteroatoms. The summed E-state index contributed by atoms with van der Waals surface area (Å²) in [5.74, 6) is -1.26. The molecule has 0 bridgehead atoms. The first-order chi connectivity index (χ1) is 14.4. The Morgan fingerprint density at radius 1 is 0.967 bits per heavy atom. The number of hydrogen-bond donors (Lipinski definition) is 3. The Morgan fingerprint density at radius 2 is 1.63 bits per heavy atom. The van der Waals surface area contributed by atoms with E-state index in [0.29, 0.717) is 11.4 Å². The van der Waals surface area contributed by atoms with E-state index in [1.54, 1.807) is 49.4 Å². The molecule has 3 rings (SSSR count). The van der Waals surface area contributed by atoms with E-state index in [1.165, 1.54) is 30.3 Å². The van der Waals surface area contributed by atoms with Crippen LogP contribution in [0.4, 0.5) is 10.1 Å². The maximum Gasteiger partial charge on any atom is 0.258 e. The van der Waals surface area contributed by atoms with Gasteiger partial charge in [0.15, 0.2) is 0 Å². The lowest BCUT2D eigenvalue weighted by atomic mass is 10.1. The van der Waals surface area contributed by atoms with Crippen LogP contribution in [0.25, 0.3) is 0 Å². The van der Waals surface area contributed by atoms with Crippen molar-refractivity contribution in [1.82, 2.24) is 5.43 Å². The number of nitrogens with one attached hydrogen (secondary N) is 2. The highest BCUT2D eigenvalue weighted by molar-refractivity contribution is 6.05. The fraction of sp³-hybridized carbons (Fsp3) is 0.0870. The first-order valence-electron chi connectivity index (χ1n) is 9.20. The summed E-state index contributed by atoms with van der Waals surface area (Å²) in [4.78, 5) is 24.2. The molecule has 0 aliphatic heterocycles. The van der Waals surface area contributed by atoms with E-state index in [-0.39, 0.29) is 23.6 Å². The van der Waals surface area contributed by atoms with Gasteiger partial charge in [-0.3, -0.25) is 9.59 Å². The van der Waals surface area contributed by atoms with E-state index in [4.69, 9.17) is 0 Å². The Balaban J connectivity index is 1.58. The van der Waals surface area contributed by atoms with E-state index in [2.05, 4.69) is 15.8 Å². The number of aromatic hydroxyl groups is 1. The molecular formula is C23H20FN3O3. The van der Waals surface area contributed by atoms with E-state index >= 15 is 0 Å². The Morgan fingerprint density at radius 3 is 2.30 bits per heavy atom. The first-order valence-corrected chi connectivity index (χ1v) is 9.20. The Labute approximate surface area is 173 Å². The van der Waals surface area contributed by atoms with Crippen LogP contribution in [-0.2, 0) is 11.2 Å². The lowest BCUT2D eigenvalue weighted by Gasteiger charge is -2.08. The molecule has 0 fully saturated rings. The van der Waals surface area contributed by atoms with Crippen LogP contribution < -0.4 is 10.7 Å². The second kappa shape index (κ2) is 9.47. The number of anilines is 1. The summed E-state index contributed by atoms with van der Waals surface area (Å²) in [5.41, 5.74) is 5.07. The van der Waals surface area contributed by atoms with Gasteiger partial charge in [0.05, 0.1) is 17.7 Å². The first kappa shape index (κ1) is 20.7. The number of rotatable bonds is 6. The van der Waals surface area contributed by atoms with Crippen molar-refractivity contribution >= 4 is 23.2 Å². The summed E-state index contributed by atoms with van der Waals surface area (Å²) >= 11 is 0. The summed E-state index contributed by atoms with van der Waals surface area (Å²) in [6.07, 6.45) is 0.137. The predicted octanol–water partition coefficient (Wildman–Crippen LogP) is 3.87. The van der Waals surface area contributed by atoms with E-state index < -0.39 is 11.7 Å². The van der Waals surface area contributed by atoms with Crippen molar-refractivity contribution in [2.75, 3.05) is 5.32 Å². The minimum atomic E-state index is -0.586. The topological polar surface area (TPSA) is 90.8 Å². The normalized spacial score (nSPS) is 11.1. The zero-order valence-electron chi connectivity index (χ0n) is 16.2. The number of carbonyl (C=O) groups excluding carboxylic acids is 2. The van der Waals surface area contributed by atoms with E-state index in [0.717, 1.165) is 11.1 Å². The second-order valence-electron chi connectivity index (χ2n) is 6.59. The van der Waals surface area contributed by atoms with Crippen molar-refractivity contribution in [3.63, 3.8) is 0 Å². The lowest BCUT2D eigenvalue weighted by Crippen LogP contribution is -2.21. The Hall–Kier alpha value is -4.00. The number of nitrogens with zero attached hydrogens (tertiary/aromatic N) is 1. The zero-order chi connectivity index (χ0) is 21.5. The summed E-state index contributed by atoms with van der Waals surface area (Å²) < 4.78 is 13.7. The zero-order valence-corrected chi connectivity index (χ0v) is 16.2. The van der Waals surface area contributed by atoms with Gasteiger partial charge in [-0.2, -0.15) is 5.10 Å². The highest BCUT2D eigenvalue weighted by Crippen LogP contribution is 2.14. The van der Waals surface area contributed by atoms with Crippen LogP contribution in [0.5, 0.6) is 5.75 Å². The van der Waals surface area contributed by atoms with Gasteiger partial charge in [0.2, 0.25) is 5.91 Å². The van der Waals surface area contributed by atoms with Gasteiger partial charge < -0.3 is 10.4 Å². The number of phenols is 1. The summed E-state index contributed by atoms with van der Waals surface area (Å²) in [6, 6.07) is 18.9. The van der Waals surface area contributed by atoms with Crippen molar-refractivity contribution < 1.29 is 19.1 Å². The predicted molar refractivity (Wildman–Crippen MR) is 113 cm³/mol. The molecule has 0 heterocycles. The minimum Gasteiger partial charge on any atom is -0.508 e. The van der Waals surface area contributed by atoms with Crippen LogP contribution in [0.2, 0.25) is 0 Å². The van der Waals surface area contributed by atoms with Gasteiger partial charge in [0.1, 0.15) is 11.6 Å². The van der Waals surface area contributed by atoms with Gasteiger partial charge in [0, 0.05) is 5.69 Å². The molecule has 0 spiro atoms. The SMILES string of the molecule is C/C(=N\NC(=O)Cc1ccc(O)cc1)c1ccc(NC(=O)c2ccccc2F)cc1. The molecule has 0 aromatic heterocycles. The van der Waals surface area contributed by atoms with Crippen molar-refractivity contribution in [1.29, 1.82) is 0 Å². The highest BCUT2D eigenvalue weighted by Gasteiger charge is 2.11. The molecule has 0 saturated heterocycles. The van der Waals surface area contributed by atoms with Crippen molar-refractivity contribution in [3.8, 4) is 5.75 Å². The lowest BCUT2D eigenvalue weighted by molar-refractivity contribution is -0.120. The summed E-state index contributed by atoms with van der Waals surface area (Å²) in [5, 5.41) is 16.0. The molecule has 152 valence electrons. The third-order valence-corrected chi connectivity index (χ3v) is 4.33.